The predicted octanol–water partition coefficient (Wildman–Crippen LogP) is 3.55. The van der Waals surface area contributed by atoms with E-state index >= 15 is 0 Å². The van der Waals surface area contributed by atoms with Gasteiger partial charge in [0.05, 0.1) is 6.61 Å². The van der Waals surface area contributed by atoms with Crippen molar-refractivity contribution in [3.8, 4) is 11.5 Å². The van der Waals surface area contributed by atoms with Gasteiger partial charge in [0.15, 0.2) is 11.5 Å². The van der Waals surface area contributed by atoms with Crippen LogP contribution in [0, 0.1) is 5.82 Å². The van der Waals surface area contributed by atoms with Crippen LogP contribution < -0.4 is 14.8 Å². The van der Waals surface area contributed by atoms with Crippen LogP contribution in [0.3, 0.4) is 0 Å². The normalized spacial score (nSPS) is 14.0. The first-order chi connectivity index (χ1) is 11.2. The van der Waals surface area contributed by atoms with Gasteiger partial charge in [-0.05, 0) is 42.3 Å². The minimum atomic E-state index is -0.237. The van der Waals surface area contributed by atoms with Crippen LogP contribution in [-0.2, 0) is 17.9 Å². The molecule has 2 aromatic rings. The average Bonchev–Trinajstić information content (AvgIpc) is 3.03. The molecule has 0 radical (unpaired) electrons. The van der Waals surface area contributed by atoms with Gasteiger partial charge in [0.25, 0.3) is 0 Å². The SMILES string of the molecule is COCc1cc(CN[C@H](C)c2ccc3c(c2)OCO3)ccc1F. The molecule has 0 aromatic heterocycles. The first-order valence-electron chi connectivity index (χ1n) is 7.56. The summed E-state index contributed by atoms with van der Waals surface area (Å²) >= 11 is 0. The highest BCUT2D eigenvalue weighted by Crippen LogP contribution is 2.34. The molecular weight excluding hydrogens is 297 g/mol. The summed E-state index contributed by atoms with van der Waals surface area (Å²) in [6.45, 7) is 3.28. The quantitative estimate of drug-likeness (QED) is 0.884. The summed E-state index contributed by atoms with van der Waals surface area (Å²) in [7, 11) is 1.56. The van der Waals surface area contributed by atoms with Crippen LogP contribution in [-0.4, -0.2) is 13.9 Å². The fourth-order valence-corrected chi connectivity index (χ4v) is 2.58. The first kappa shape index (κ1) is 15.8. The van der Waals surface area contributed by atoms with Crippen molar-refractivity contribution in [2.24, 2.45) is 0 Å². The maximum Gasteiger partial charge on any atom is 0.231 e. The van der Waals surface area contributed by atoms with E-state index in [1.165, 1.54) is 6.07 Å². The minimum Gasteiger partial charge on any atom is -0.454 e. The lowest BCUT2D eigenvalue weighted by atomic mass is 10.1. The third-order valence-corrected chi connectivity index (χ3v) is 3.92. The van der Waals surface area contributed by atoms with E-state index in [0.29, 0.717) is 12.1 Å². The number of hydrogen-bond donors (Lipinski definition) is 1. The molecule has 0 saturated heterocycles. The second kappa shape index (κ2) is 6.98. The summed E-state index contributed by atoms with van der Waals surface area (Å²) in [4.78, 5) is 0. The van der Waals surface area contributed by atoms with Crippen molar-refractivity contribution >= 4 is 0 Å². The maximum atomic E-state index is 13.6. The van der Waals surface area contributed by atoms with E-state index < -0.39 is 0 Å². The zero-order chi connectivity index (χ0) is 16.2. The largest absolute Gasteiger partial charge is 0.454 e. The molecule has 23 heavy (non-hydrogen) atoms. The molecule has 5 heteroatoms. The second-order valence-corrected chi connectivity index (χ2v) is 5.57. The van der Waals surface area contributed by atoms with Gasteiger partial charge in [0.1, 0.15) is 5.82 Å². The fourth-order valence-electron chi connectivity index (χ4n) is 2.58. The van der Waals surface area contributed by atoms with Crippen molar-refractivity contribution in [1.82, 2.24) is 5.32 Å². The van der Waals surface area contributed by atoms with Crippen molar-refractivity contribution in [2.45, 2.75) is 26.1 Å². The molecule has 0 unspecified atom stereocenters. The van der Waals surface area contributed by atoms with Gasteiger partial charge in [-0.1, -0.05) is 12.1 Å². The number of nitrogens with one attached hydrogen (secondary N) is 1. The second-order valence-electron chi connectivity index (χ2n) is 5.57. The number of halogens is 1. The maximum absolute atomic E-state index is 13.6. The lowest BCUT2D eigenvalue weighted by Crippen LogP contribution is -2.18. The summed E-state index contributed by atoms with van der Waals surface area (Å²) in [6.07, 6.45) is 0. The van der Waals surface area contributed by atoms with E-state index in [4.69, 9.17) is 14.2 Å². The van der Waals surface area contributed by atoms with Gasteiger partial charge < -0.3 is 19.5 Å². The molecule has 1 heterocycles. The summed E-state index contributed by atoms with van der Waals surface area (Å²) in [6, 6.07) is 11.2. The molecule has 122 valence electrons. The Morgan fingerprint density at radius 3 is 2.83 bits per heavy atom. The van der Waals surface area contributed by atoms with Gasteiger partial charge >= 0.3 is 0 Å². The molecule has 0 bridgehead atoms. The average molecular weight is 317 g/mol. The smallest absolute Gasteiger partial charge is 0.231 e. The summed E-state index contributed by atoms with van der Waals surface area (Å²) < 4.78 is 29.4. The van der Waals surface area contributed by atoms with Crippen LogP contribution in [0.2, 0.25) is 0 Å². The molecule has 1 N–H and O–H groups in total. The van der Waals surface area contributed by atoms with Gasteiger partial charge in [-0.2, -0.15) is 0 Å². The van der Waals surface area contributed by atoms with Crippen molar-refractivity contribution in [3.63, 3.8) is 0 Å². The summed E-state index contributed by atoms with van der Waals surface area (Å²) in [5.74, 6) is 1.32. The first-order valence-corrected chi connectivity index (χ1v) is 7.56. The molecular formula is C18H20FNO3. The highest BCUT2D eigenvalue weighted by Gasteiger charge is 2.15. The number of hydrogen-bond acceptors (Lipinski definition) is 4. The Kier molecular flexibility index (Phi) is 4.79. The van der Waals surface area contributed by atoms with E-state index in [1.54, 1.807) is 13.2 Å². The van der Waals surface area contributed by atoms with Crippen molar-refractivity contribution in [1.29, 1.82) is 0 Å². The van der Waals surface area contributed by atoms with Gasteiger partial charge in [0, 0.05) is 25.3 Å². The Bertz CT molecular complexity index is 690. The lowest BCUT2D eigenvalue weighted by molar-refractivity contribution is 0.174. The topological polar surface area (TPSA) is 39.7 Å². The Morgan fingerprint density at radius 2 is 2.00 bits per heavy atom. The Labute approximate surface area is 135 Å². The molecule has 3 rings (SSSR count). The number of methoxy groups -OCH3 is 1. The van der Waals surface area contributed by atoms with Crippen molar-refractivity contribution in [2.75, 3.05) is 13.9 Å². The molecule has 0 saturated carbocycles. The zero-order valence-corrected chi connectivity index (χ0v) is 13.3. The minimum absolute atomic E-state index is 0.139. The van der Waals surface area contributed by atoms with Gasteiger partial charge in [-0.3, -0.25) is 0 Å². The molecule has 1 atom stereocenters. The number of rotatable bonds is 6. The number of benzene rings is 2. The highest BCUT2D eigenvalue weighted by atomic mass is 19.1. The third-order valence-electron chi connectivity index (χ3n) is 3.92. The highest BCUT2D eigenvalue weighted by molar-refractivity contribution is 5.45. The van der Waals surface area contributed by atoms with Gasteiger partial charge in [-0.25, -0.2) is 4.39 Å². The standard InChI is InChI=1S/C18H20FNO3/c1-12(14-4-6-17-18(8-14)23-11-22-17)20-9-13-3-5-16(19)15(7-13)10-21-2/h3-8,12,20H,9-11H2,1-2H3/t12-/m1/s1. The molecule has 0 aliphatic carbocycles. The molecule has 1 aliphatic rings. The predicted molar refractivity (Wildman–Crippen MR) is 84.9 cm³/mol. The monoisotopic (exact) mass is 317 g/mol. The zero-order valence-electron chi connectivity index (χ0n) is 13.3. The van der Waals surface area contributed by atoms with E-state index in [0.717, 1.165) is 22.6 Å². The van der Waals surface area contributed by atoms with Gasteiger partial charge in [0.2, 0.25) is 6.79 Å². The van der Waals surface area contributed by atoms with Gasteiger partial charge in [-0.15, -0.1) is 0 Å². The summed E-state index contributed by atoms with van der Waals surface area (Å²) in [5.41, 5.74) is 2.71. The molecule has 0 fully saturated rings. The Morgan fingerprint density at radius 1 is 1.17 bits per heavy atom. The van der Waals surface area contributed by atoms with E-state index in [9.17, 15) is 4.39 Å². The van der Waals surface area contributed by atoms with Crippen molar-refractivity contribution in [3.05, 3.63) is 58.9 Å². The van der Waals surface area contributed by atoms with Crippen LogP contribution in [0.25, 0.3) is 0 Å². The lowest BCUT2D eigenvalue weighted by Gasteiger charge is -2.15. The molecule has 1 aliphatic heterocycles. The van der Waals surface area contributed by atoms with E-state index in [2.05, 4.69) is 12.2 Å². The van der Waals surface area contributed by atoms with Crippen LogP contribution >= 0.6 is 0 Å². The molecule has 0 spiro atoms. The van der Waals surface area contributed by atoms with Crippen LogP contribution in [0.5, 0.6) is 11.5 Å². The van der Waals surface area contributed by atoms with Crippen LogP contribution in [0.1, 0.15) is 29.7 Å². The summed E-state index contributed by atoms with van der Waals surface area (Å²) in [5, 5.41) is 3.44. The van der Waals surface area contributed by atoms with E-state index in [1.807, 2.05) is 24.3 Å². The van der Waals surface area contributed by atoms with Crippen molar-refractivity contribution < 1.29 is 18.6 Å². The van der Waals surface area contributed by atoms with Crippen LogP contribution in [0.4, 0.5) is 4.39 Å². The van der Waals surface area contributed by atoms with E-state index in [-0.39, 0.29) is 25.3 Å². The number of ether oxygens (including phenoxy) is 3. The number of fused-ring (bicyclic) bond motifs is 1. The fraction of sp³-hybridized carbons (Fsp3) is 0.333. The molecule has 2 aromatic carbocycles. The molecule has 0 amide bonds. The third kappa shape index (κ3) is 3.63. The molecule has 4 nitrogen and oxygen atoms in total. The van der Waals surface area contributed by atoms with Crippen LogP contribution in [0.15, 0.2) is 36.4 Å². The Balaban J connectivity index is 1.64. The Hall–Kier alpha value is -2.11.